The Labute approximate surface area is 473 Å². The van der Waals surface area contributed by atoms with Gasteiger partial charge in [0.15, 0.2) is 0 Å². The monoisotopic (exact) mass is 1150 g/mol. The summed E-state index contributed by atoms with van der Waals surface area (Å²) in [5.74, 6) is 0. The van der Waals surface area contributed by atoms with E-state index in [4.69, 9.17) is 19.9 Å². The van der Waals surface area contributed by atoms with Gasteiger partial charge in [-0.1, -0.05) is 0 Å². The number of rotatable bonds is 6. The summed E-state index contributed by atoms with van der Waals surface area (Å²) in [5, 5.41) is 9.84. The van der Waals surface area contributed by atoms with Gasteiger partial charge in [-0.3, -0.25) is 0 Å². The first kappa shape index (κ1) is 45.7. The molecule has 6 nitrogen and oxygen atoms in total. The predicted octanol–water partition coefficient (Wildman–Crippen LogP) is 16.6. The van der Waals surface area contributed by atoms with Gasteiger partial charge in [-0.2, -0.15) is 0 Å². The van der Waals surface area contributed by atoms with E-state index in [0.717, 1.165) is 77.9 Å². The van der Waals surface area contributed by atoms with Gasteiger partial charge in [0.05, 0.1) is 0 Å². The van der Waals surface area contributed by atoms with Crippen molar-refractivity contribution >= 4 is 123 Å². The third-order valence-electron chi connectivity index (χ3n) is 17.1. The van der Waals surface area contributed by atoms with Gasteiger partial charge in [-0.15, -0.1) is 0 Å². The number of fused-ring (bicyclic) bond motifs is 12. The molecule has 80 heavy (non-hydrogen) atoms. The van der Waals surface area contributed by atoms with Crippen molar-refractivity contribution in [2.75, 3.05) is 9.80 Å². The fourth-order valence-corrected chi connectivity index (χ4v) is 18.7. The van der Waals surface area contributed by atoms with Crippen molar-refractivity contribution in [2.24, 2.45) is 0 Å². The predicted molar refractivity (Wildman–Crippen MR) is 330 cm³/mol. The summed E-state index contributed by atoms with van der Waals surface area (Å²) in [5.41, 5.74) is 14.4. The molecule has 17 rings (SSSR count). The normalized spacial score (nSPS) is 14.2. The zero-order chi connectivity index (χ0) is 52.5. The fourth-order valence-electron chi connectivity index (χ4n) is 14.0. The minimum atomic E-state index is -0.770. The maximum atomic E-state index is 4.86. The van der Waals surface area contributed by atoms with Gasteiger partial charge in [0.2, 0.25) is 0 Å². The zero-order valence-corrected chi connectivity index (χ0v) is 46.3. The second-order valence-corrected chi connectivity index (χ2v) is 25.4. The summed E-state index contributed by atoms with van der Waals surface area (Å²) < 4.78 is 5.57. The molecule has 0 saturated carbocycles. The Balaban J connectivity index is 1.01. The molecule has 8 heterocycles. The Bertz CT molecular complexity index is 4530. The Morgan fingerprint density at radius 3 is 0.938 bits per heavy atom. The van der Waals surface area contributed by atoms with Gasteiger partial charge in [0.25, 0.3) is 0 Å². The van der Waals surface area contributed by atoms with Crippen molar-refractivity contribution in [3.05, 3.63) is 312 Å². The molecule has 0 fully saturated rings. The average molecular weight is 1150 g/mol. The number of hydrogen-bond acceptors (Lipinski definition) is 6. The Hall–Kier alpha value is -9.26. The molecule has 2 aliphatic heterocycles. The molecule has 0 aliphatic carbocycles. The maximum absolute atomic E-state index is 4.86. The molecule has 0 bridgehead atoms. The van der Waals surface area contributed by atoms with Crippen LogP contribution in [-0.4, -0.2) is 48.9 Å². The Morgan fingerprint density at radius 1 is 0.263 bits per heavy atom. The third kappa shape index (κ3) is 6.24. The Morgan fingerprint density at radius 2 is 0.588 bits per heavy atom. The SMILES string of the molecule is c1cncc(C2(c3cccnc3)c3ccccc3N(c3c4ccccc4c(N4c5ccccc5C(c5cccnc5)(c5cccnc5)c5cc6c(cc54)[se]c4ccccc46)c4ccccc34)c3cc4[se]c5ccccc5c4cc32)c1. The van der Waals surface area contributed by atoms with Crippen LogP contribution < -0.4 is 9.80 Å². The fraction of sp³-hybridized carbons (Fsp3) is 0.0278. The van der Waals surface area contributed by atoms with E-state index in [9.17, 15) is 0 Å². The molecule has 0 spiro atoms. The van der Waals surface area contributed by atoms with Gasteiger partial charge in [0, 0.05) is 0 Å². The van der Waals surface area contributed by atoms with E-state index in [0.29, 0.717) is 0 Å². The first-order chi connectivity index (χ1) is 39.7. The van der Waals surface area contributed by atoms with Gasteiger partial charge in [-0.05, 0) is 0 Å². The van der Waals surface area contributed by atoms with Crippen molar-refractivity contribution < 1.29 is 0 Å². The van der Waals surface area contributed by atoms with E-state index in [1.807, 2.05) is 24.8 Å². The molecule has 8 heteroatoms. The number of para-hydroxylation sites is 2. The van der Waals surface area contributed by atoms with Gasteiger partial charge in [-0.25, -0.2) is 0 Å². The van der Waals surface area contributed by atoms with Crippen molar-refractivity contribution in [3.63, 3.8) is 0 Å². The van der Waals surface area contributed by atoms with Crippen molar-refractivity contribution in [1.82, 2.24) is 19.9 Å². The van der Waals surface area contributed by atoms with E-state index in [1.54, 1.807) is 0 Å². The number of nitrogens with zero attached hydrogens (tertiary/aromatic N) is 6. The number of hydrogen-bond donors (Lipinski definition) is 0. The molecule has 2 aliphatic rings. The van der Waals surface area contributed by atoms with Crippen LogP contribution in [0.2, 0.25) is 0 Å². The first-order valence-corrected chi connectivity index (χ1v) is 30.4. The number of pyridine rings is 4. The van der Waals surface area contributed by atoms with Crippen LogP contribution in [0.5, 0.6) is 0 Å². The van der Waals surface area contributed by atoms with E-state index in [2.05, 4.69) is 253 Å². The van der Waals surface area contributed by atoms with E-state index < -0.39 is 10.8 Å². The molecule has 0 radical (unpaired) electrons. The zero-order valence-electron chi connectivity index (χ0n) is 42.9. The molecule has 6 aromatic heterocycles. The van der Waals surface area contributed by atoms with Crippen LogP contribution in [0.1, 0.15) is 44.5 Å². The molecule has 0 saturated heterocycles. The second-order valence-electron chi connectivity index (χ2n) is 20.9. The van der Waals surface area contributed by atoms with Gasteiger partial charge < -0.3 is 0 Å². The van der Waals surface area contributed by atoms with E-state index in [1.165, 1.54) is 60.8 Å². The average Bonchev–Trinajstić information content (AvgIpc) is 2.68. The van der Waals surface area contributed by atoms with Crippen molar-refractivity contribution in [2.45, 2.75) is 10.8 Å². The molecule has 374 valence electrons. The van der Waals surface area contributed by atoms with Crippen molar-refractivity contribution in [3.8, 4) is 0 Å². The molecular formula is C72H44N6Se2. The number of benzene rings is 9. The molecule has 0 atom stereocenters. The summed E-state index contributed by atoms with van der Waals surface area (Å²) >= 11 is 0.198. The molecule has 0 N–H and O–H groups in total. The third-order valence-corrected chi connectivity index (χ3v) is 21.8. The topological polar surface area (TPSA) is 58.0 Å². The summed E-state index contributed by atoms with van der Waals surface area (Å²) in [6.07, 6.45) is 15.8. The standard InChI is InChI=1S/C72H44N6Se2/c1-2-24-52-51(23-1)69(77-61-29-9-7-27-57(61)71(45-17-13-33-73-41-45,46-18-14-34-74-42-46)59-37-55-49-21-5-11-31-65(49)79-67(55)39-63(59)77)53-25-3-4-26-54(53)70(52)78-62-30-10-8-28-58(62)72(47-19-15-35-75-43-47,48-20-16-36-76-44-48)60-38-56-50-22-6-12-32-66(50)80-68(56)40-64(60)78/h1-44H. The van der Waals surface area contributed by atoms with Crippen LogP contribution in [0, 0.1) is 0 Å². The van der Waals surface area contributed by atoms with E-state index >= 15 is 0 Å². The van der Waals surface area contributed by atoms with Crippen LogP contribution in [-0.2, 0) is 10.8 Å². The van der Waals surface area contributed by atoms with Gasteiger partial charge >= 0.3 is 476 Å². The second kappa shape index (κ2) is 17.6. The Kier molecular flexibility index (Phi) is 10.1. The van der Waals surface area contributed by atoms with Crippen molar-refractivity contribution in [1.29, 1.82) is 0 Å². The molecule has 9 aromatic carbocycles. The van der Waals surface area contributed by atoms with Gasteiger partial charge in [0.1, 0.15) is 0 Å². The number of aromatic nitrogens is 4. The van der Waals surface area contributed by atoms with Crippen LogP contribution in [0.4, 0.5) is 34.1 Å². The van der Waals surface area contributed by atoms with Crippen LogP contribution in [0.3, 0.4) is 0 Å². The molecular weight excluding hydrogens is 1110 g/mol. The summed E-state index contributed by atoms with van der Waals surface area (Å²) in [6, 6.07) is 81.9. The van der Waals surface area contributed by atoms with Crippen LogP contribution in [0.25, 0.3) is 60.1 Å². The molecule has 0 unspecified atom stereocenters. The van der Waals surface area contributed by atoms with Crippen LogP contribution >= 0.6 is 0 Å². The quantitative estimate of drug-likeness (QED) is 0.122. The van der Waals surface area contributed by atoms with Crippen LogP contribution in [0.15, 0.2) is 268 Å². The number of anilines is 6. The summed E-state index contributed by atoms with van der Waals surface area (Å²) in [6.45, 7) is 0. The first-order valence-electron chi connectivity index (χ1n) is 27.0. The summed E-state index contributed by atoms with van der Waals surface area (Å²) in [4.78, 5) is 24.7. The molecule has 0 amide bonds. The molecule has 15 aromatic rings. The summed E-state index contributed by atoms with van der Waals surface area (Å²) in [7, 11) is 0. The van der Waals surface area contributed by atoms with E-state index in [-0.39, 0.29) is 29.0 Å². The minimum absolute atomic E-state index is 0.0988.